The third-order valence-corrected chi connectivity index (χ3v) is 8.42. The van der Waals surface area contributed by atoms with Crippen LogP contribution in [-0.2, 0) is 30.1 Å². The van der Waals surface area contributed by atoms with E-state index in [1.165, 1.54) is 0 Å². The number of aryl methyl sites for hydroxylation is 3. The average molecular weight is 570 g/mol. The van der Waals surface area contributed by atoms with E-state index in [-0.39, 0.29) is 30.4 Å². The van der Waals surface area contributed by atoms with Crippen LogP contribution in [0.15, 0.2) is 36.4 Å². The highest BCUT2D eigenvalue weighted by Gasteiger charge is 2.45. The number of tetrazole rings is 1. The van der Waals surface area contributed by atoms with Crippen molar-refractivity contribution >= 4 is 17.7 Å². The molecule has 0 bridgehead atoms. The Morgan fingerprint density at radius 2 is 1.64 bits per heavy atom. The molecule has 0 spiro atoms. The number of nitrogens with zero attached hydrogens (tertiary/aromatic N) is 6. The Morgan fingerprint density at radius 3 is 2.17 bits per heavy atom. The van der Waals surface area contributed by atoms with Crippen LogP contribution in [0.25, 0.3) is 4.85 Å². The number of carbonyl (C=O) groups is 3. The highest BCUT2D eigenvalue weighted by molar-refractivity contribution is 5.95. The first-order valence-electron chi connectivity index (χ1n) is 14.1. The van der Waals surface area contributed by atoms with Crippen LogP contribution in [0.1, 0.15) is 68.1 Å². The number of fused-ring (bicyclic) bond motifs is 2. The topological polar surface area (TPSA) is 138 Å². The average Bonchev–Trinajstić information content (AvgIpc) is 3.65. The van der Waals surface area contributed by atoms with E-state index < -0.39 is 5.41 Å². The van der Waals surface area contributed by atoms with E-state index in [2.05, 4.69) is 36.3 Å². The molecule has 12 nitrogen and oxygen atoms in total. The second-order valence-electron chi connectivity index (χ2n) is 10.7. The fraction of sp³-hybridized carbons (Fsp3) is 0.433. The van der Waals surface area contributed by atoms with Gasteiger partial charge in [0.05, 0.1) is 12.0 Å². The summed E-state index contributed by atoms with van der Waals surface area (Å²) in [5.41, 5.74) is 4.20. The van der Waals surface area contributed by atoms with E-state index in [0.717, 1.165) is 28.7 Å². The van der Waals surface area contributed by atoms with E-state index in [9.17, 15) is 14.4 Å². The lowest BCUT2D eigenvalue weighted by Gasteiger charge is -2.35. The van der Waals surface area contributed by atoms with Gasteiger partial charge in [0.1, 0.15) is 0 Å². The Morgan fingerprint density at radius 1 is 1.02 bits per heavy atom. The van der Waals surface area contributed by atoms with Crippen molar-refractivity contribution in [2.45, 2.75) is 43.7 Å². The van der Waals surface area contributed by atoms with Gasteiger partial charge in [0.25, 0.3) is 11.8 Å². The Labute approximate surface area is 244 Å². The van der Waals surface area contributed by atoms with Crippen LogP contribution in [0, 0.1) is 6.57 Å². The van der Waals surface area contributed by atoms with Gasteiger partial charge in [-0.3, -0.25) is 24.1 Å². The van der Waals surface area contributed by atoms with Gasteiger partial charge in [0, 0.05) is 45.2 Å². The molecule has 2 heterocycles. The van der Waals surface area contributed by atoms with Crippen LogP contribution < -0.4 is 16.0 Å². The summed E-state index contributed by atoms with van der Waals surface area (Å²) in [6.07, 6.45) is 2.96. The van der Waals surface area contributed by atoms with Crippen LogP contribution in [0.5, 0.6) is 0 Å². The maximum atomic E-state index is 12.9. The molecule has 3 amide bonds. The van der Waals surface area contributed by atoms with Crippen molar-refractivity contribution in [3.05, 3.63) is 87.0 Å². The summed E-state index contributed by atoms with van der Waals surface area (Å²) in [5, 5.41) is 21.4. The van der Waals surface area contributed by atoms with Crippen LogP contribution in [-0.4, -0.2) is 82.7 Å². The molecule has 0 unspecified atom stereocenters. The first-order valence-corrected chi connectivity index (χ1v) is 14.1. The van der Waals surface area contributed by atoms with Crippen molar-refractivity contribution in [2.75, 3.05) is 33.7 Å². The predicted molar refractivity (Wildman–Crippen MR) is 155 cm³/mol. The van der Waals surface area contributed by atoms with Crippen LogP contribution in [0.2, 0.25) is 0 Å². The lowest BCUT2D eigenvalue weighted by molar-refractivity contribution is -0.130. The van der Waals surface area contributed by atoms with E-state index in [1.807, 2.05) is 36.4 Å². The van der Waals surface area contributed by atoms with E-state index in [0.29, 0.717) is 55.7 Å². The number of hydrogen-bond acceptors (Lipinski definition) is 7. The fourth-order valence-electron chi connectivity index (χ4n) is 6.38. The van der Waals surface area contributed by atoms with Crippen LogP contribution >= 0.6 is 0 Å². The third kappa shape index (κ3) is 5.12. The normalized spacial score (nSPS) is 17.0. The van der Waals surface area contributed by atoms with E-state index in [1.54, 1.807) is 30.7 Å². The molecule has 1 aliphatic carbocycles. The maximum absolute atomic E-state index is 12.9. The monoisotopic (exact) mass is 569 g/mol. The van der Waals surface area contributed by atoms with Gasteiger partial charge in [-0.2, -0.15) is 0 Å². The fourth-order valence-corrected chi connectivity index (χ4v) is 6.38. The van der Waals surface area contributed by atoms with E-state index >= 15 is 0 Å². The summed E-state index contributed by atoms with van der Waals surface area (Å²) < 4.78 is 1.66. The second kappa shape index (κ2) is 12.1. The maximum Gasteiger partial charge on any atom is 0.300 e. The first kappa shape index (κ1) is 28.9. The standard InChI is InChI=1S/C30H35N9O3/c1-31-25-6-5-15-39(25)26(40)18-34-14-13-30(29-35-36-37-38(29)4)23-11-9-21(27(41)32-2)16-19(23)7-8-20-17-22(28(42)33-3)10-12-24(20)30/h9-12,16-17,25,34H,5-8,13-15,18H2,2-4H3,(H,32,41)(H,33,42)/t25-/m0/s1. The number of aromatic nitrogens is 4. The lowest BCUT2D eigenvalue weighted by atomic mass is 9.69. The van der Waals surface area contributed by atoms with Crippen molar-refractivity contribution in [2.24, 2.45) is 7.05 Å². The minimum Gasteiger partial charge on any atom is -0.355 e. The Kier molecular flexibility index (Phi) is 8.31. The van der Waals surface area contributed by atoms with E-state index in [4.69, 9.17) is 6.57 Å². The van der Waals surface area contributed by atoms with Crippen LogP contribution in [0.3, 0.4) is 0 Å². The molecular weight excluding hydrogens is 534 g/mol. The molecule has 0 radical (unpaired) electrons. The van der Waals surface area contributed by atoms with Gasteiger partial charge >= 0.3 is 6.17 Å². The molecule has 5 rings (SSSR count). The largest absolute Gasteiger partial charge is 0.355 e. The molecule has 42 heavy (non-hydrogen) atoms. The summed E-state index contributed by atoms with van der Waals surface area (Å²) in [6, 6.07) is 11.4. The smallest absolute Gasteiger partial charge is 0.300 e. The number of nitrogens with one attached hydrogen (secondary N) is 3. The van der Waals surface area contributed by atoms with Crippen molar-refractivity contribution in [3.8, 4) is 0 Å². The van der Waals surface area contributed by atoms with Crippen molar-refractivity contribution in [3.63, 3.8) is 0 Å². The number of likely N-dealkylation sites (tertiary alicyclic amines) is 1. The van der Waals surface area contributed by atoms with Gasteiger partial charge in [-0.1, -0.05) is 12.1 Å². The summed E-state index contributed by atoms with van der Waals surface area (Å²) in [6.45, 7) is 8.57. The van der Waals surface area contributed by atoms with Crippen molar-refractivity contribution in [1.82, 2.24) is 41.1 Å². The number of amides is 3. The Bertz CT molecular complexity index is 1490. The van der Waals surface area contributed by atoms with Crippen LogP contribution in [0.4, 0.5) is 0 Å². The first-order chi connectivity index (χ1) is 20.3. The SMILES string of the molecule is [C-]#[N+][C@@H]1CCCN1C(=O)CNCCC1(c2nnnn2C)c2ccc(C(=O)NC)cc2CCc2cc(C(=O)NC)ccc21. The highest BCUT2D eigenvalue weighted by Crippen LogP contribution is 2.46. The molecule has 3 aromatic rings. The molecular formula is C30H35N9O3. The highest BCUT2D eigenvalue weighted by atomic mass is 16.2. The molecule has 2 aromatic carbocycles. The summed E-state index contributed by atoms with van der Waals surface area (Å²) in [4.78, 5) is 43.3. The van der Waals surface area contributed by atoms with Crippen molar-refractivity contribution in [1.29, 1.82) is 0 Å². The molecule has 218 valence electrons. The summed E-state index contributed by atoms with van der Waals surface area (Å²) in [5.74, 6) is 0.183. The third-order valence-electron chi connectivity index (χ3n) is 8.42. The molecule has 2 aliphatic rings. The molecule has 1 aliphatic heterocycles. The Hall–Kier alpha value is -4.63. The van der Waals surface area contributed by atoms with Gasteiger partial charge in [0.2, 0.25) is 5.91 Å². The number of carbonyl (C=O) groups excluding carboxylic acids is 3. The van der Waals surface area contributed by atoms with Gasteiger partial charge in [-0.25, -0.2) is 11.3 Å². The second-order valence-corrected chi connectivity index (χ2v) is 10.7. The molecule has 0 saturated carbocycles. The molecule has 1 fully saturated rings. The summed E-state index contributed by atoms with van der Waals surface area (Å²) >= 11 is 0. The zero-order chi connectivity index (χ0) is 29.9. The summed E-state index contributed by atoms with van der Waals surface area (Å²) in [7, 11) is 5.01. The zero-order valence-corrected chi connectivity index (χ0v) is 24.1. The molecule has 3 N–H and O–H groups in total. The molecule has 1 saturated heterocycles. The Balaban J connectivity index is 1.59. The molecule has 1 aromatic heterocycles. The van der Waals surface area contributed by atoms with Crippen molar-refractivity contribution < 1.29 is 14.4 Å². The number of hydrogen-bond donors (Lipinski definition) is 3. The molecule has 12 heteroatoms. The van der Waals surface area contributed by atoms with Gasteiger partial charge in [0.15, 0.2) is 5.82 Å². The predicted octanol–water partition coefficient (Wildman–Crippen LogP) is 1.21. The van der Waals surface area contributed by atoms with Gasteiger partial charge in [-0.05, 0) is 89.2 Å². The quantitative estimate of drug-likeness (QED) is 0.274. The lowest BCUT2D eigenvalue weighted by Crippen LogP contribution is -2.42. The van der Waals surface area contributed by atoms with Gasteiger partial charge < -0.3 is 16.0 Å². The van der Waals surface area contributed by atoms with Gasteiger partial charge in [-0.15, -0.1) is 5.10 Å². The minimum atomic E-state index is -0.843. The molecule has 1 atom stereocenters. The number of benzene rings is 2. The minimum absolute atomic E-state index is 0.0880. The zero-order valence-electron chi connectivity index (χ0n) is 24.1. The number of rotatable bonds is 8.